The standard InChI is InChI=1S/C15H16N2OS/c1-15(2,10-18)19-14-7-8-17-9-13(14)11-3-5-12(16)6-4-11/h3-10H,16H2,1-2H3. The molecule has 19 heavy (non-hydrogen) atoms. The van der Waals surface area contributed by atoms with Crippen molar-refractivity contribution < 1.29 is 4.79 Å². The van der Waals surface area contributed by atoms with Crippen LogP contribution in [-0.2, 0) is 4.79 Å². The molecule has 2 N–H and O–H groups in total. The summed E-state index contributed by atoms with van der Waals surface area (Å²) in [6.07, 6.45) is 4.52. The third-order valence-electron chi connectivity index (χ3n) is 2.66. The van der Waals surface area contributed by atoms with Crippen molar-refractivity contribution in [2.24, 2.45) is 0 Å². The van der Waals surface area contributed by atoms with E-state index >= 15 is 0 Å². The molecule has 0 aliphatic carbocycles. The molecular weight excluding hydrogens is 256 g/mol. The maximum absolute atomic E-state index is 11.1. The Bertz CT molecular complexity index is 579. The molecule has 0 radical (unpaired) electrons. The number of nitrogens with zero attached hydrogens (tertiary/aromatic N) is 1. The molecule has 0 unspecified atom stereocenters. The largest absolute Gasteiger partial charge is 0.399 e. The van der Waals surface area contributed by atoms with Gasteiger partial charge in [0, 0.05) is 28.5 Å². The van der Waals surface area contributed by atoms with Crippen LogP contribution in [0.15, 0.2) is 47.6 Å². The van der Waals surface area contributed by atoms with Gasteiger partial charge in [-0.05, 0) is 37.6 Å². The van der Waals surface area contributed by atoms with E-state index in [2.05, 4.69) is 4.98 Å². The quantitative estimate of drug-likeness (QED) is 0.526. The minimum Gasteiger partial charge on any atom is -0.399 e. The Kier molecular flexibility index (Phi) is 3.90. The summed E-state index contributed by atoms with van der Waals surface area (Å²) >= 11 is 1.53. The summed E-state index contributed by atoms with van der Waals surface area (Å²) in [7, 11) is 0. The van der Waals surface area contributed by atoms with E-state index in [0.29, 0.717) is 0 Å². The fourth-order valence-corrected chi connectivity index (χ4v) is 2.68. The topological polar surface area (TPSA) is 56.0 Å². The number of pyridine rings is 1. The van der Waals surface area contributed by atoms with Crippen LogP contribution in [0.3, 0.4) is 0 Å². The van der Waals surface area contributed by atoms with E-state index in [1.54, 1.807) is 6.20 Å². The van der Waals surface area contributed by atoms with Gasteiger partial charge in [-0.1, -0.05) is 12.1 Å². The Morgan fingerprint density at radius 1 is 1.21 bits per heavy atom. The van der Waals surface area contributed by atoms with Gasteiger partial charge in [-0.3, -0.25) is 4.98 Å². The summed E-state index contributed by atoms with van der Waals surface area (Å²) in [6.45, 7) is 3.80. The summed E-state index contributed by atoms with van der Waals surface area (Å²) in [5, 5.41) is 0. The van der Waals surface area contributed by atoms with Gasteiger partial charge >= 0.3 is 0 Å². The normalized spacial score (nSPS) is 11.3. The molecule has 0 aliphatic heterocycles. The van der Waals surface area contributed by atoms with Crippen molar-refractivity contribution in [3.05, 3.63) is 42.7 Å². The molecule has 4 heteroatoms. The van der Waals surface area contributed by atoms with E-state index in [4.69, 9.17) is 5.73 Å². The third kappa shape index (κ3) is 3.35. The summed E-state index contributed by atoms with van der Waals surface area (Å²) in [6, 6.07) is 9.58. The summed E-state index contributed by atoms with van der Waals surface area (Å²) in [5.74, 6) is 0. The second-order valence-electron chi connectivity index (χ2n) is 4.82. The Morgan fingerprint density at radius 2 is 1.89 bits per heavy atom. The molecule has 0 spiro atoms. The van der Waals surface area contributed by atoms with Crippen molar-refractivity contribution in [1.82, 2.24) is 4.98 Å². The number of aromatic nitrogens is 1. The fraction of sp³-hybridized carbons (Fsp3) is 0.200. The lowest BCUT2D eigenvalue weighted by atomic mass is 10.1. The molecule has 0 aliphatic rings. The SMILES string of the molecule is CC(C)(C=O)Sc1ccncc1-c1ccc(N)cc1. The predicted molar refractivity (Wildman–Crippen MR) is 80.1 cm³/mol. The minimum absolute atomic E-state index is 0.454. The van der Waals surface area contributed by atoms with Crippen molar-refractivity contribution in [2.75, 3.05) is 5.73 Å². The van der Waals surface area contributed by atoms with Crippen molar-refractivity contribution >= 4 is 23.7 Å². The van der Waals surface area contributed by atoms with Gasteiger partial charge in [0.15, 0.2) is 0 Å². The average molecular weight is 272 g/mol. The second-order valence-corrected chi connectivity index (χ2v) is 6.51. The van der Waals surface area contributed by atoms with Crippen LogP contribution in [-0.4, -0.2) is 16.0 Å². The lowest BCUT2D eigenvalue weighted by Gasteiger charge is -2.18. The van der Waals surface area contributed by atoms with Crippen LogP contribution in [0.1, 0.15) is 13.8 Å². The van der Waals surface area contributed by atoms with Crippen molar-refractivity contribution in [1.29, 1.82) is 0 Å². The monoisotopic (exact) mass is 272 g/mol. The van der Waals surface area contributed by atoms with E-state index in [0.717, 1.165) is 28.0 Å². The van der Waals surface area contributed by atoms with Gasteiger partial charge in [-0.25, -0.2) is 0 Å². The molecule has 1 aromatic heterocycles. The smallest absolute Gasteiger partial charge is 0.135 e. The summed E-state index contributed by atoms with van der Waals surface area (Å²) < 4.78 is -0.454. The van der Waals surface area contributed by atoms with Gasteiger partial charge in [0.2, 0.25) is 0 Å². The number of nitrogen functional groups attached to an aromatic ring is 1. The van der Waals surface area contributed by atoms with Gasteiger partial charge in [-0.2, -0.15) is 0 Å². The van der Waals surface area contributed by atoms with Gasteiger partial charge in [-0.15, -0.1) is 11.8 Å². The second kappa shape index (κ2) is 5.45. The van der Waals surface area contributed by atoms with Gasteiger partial charge in [0.1, 0.15) is 6.29 Å². The predicted octanol–water partition coefficient (Wildman–Crippen LogP) is 3.40. The highest BCUT2D eigenvalue weighted by Gasteiger charge is 2.20. The van der Waals surface area contributed by atoms with E-state index < -0.39 is 4.75 Å². The molecule has 2 rings (SSSR count). The molecule has 98 valence electrons. The fourth-order valence-electron chi connectivity index (χ4n) is 1.66. The van der Waals surface area contributed by atoms with Crippen LogP contribution in [0.4, 0.5) is 5.69 Å². The summed E-state index contributed by atoms with van der Waals surface area (Å²) in [4.78, 5) is 16.3. The number of thioether (sulfide) groups is 1. The van der Waals surface area contributed by atoms with Crippen molar-refractivity contribution in [3.63, 3.8) is 0 Å². The molecule has 2 aromatic rings. The molecule has 0 bridgehead atoms. The molecule has 3 nitrogen and oxygen atoms in total. The van der Waals surface area contributed by atoms with Crippen LogP contribution in [0.5, 0.6) is 0 Å². The molecule has 0 fully saturated rings. The van der Waals surface area contributed by atoms with E-state index in [1.807, 2.05) is 50.4 Å². The number of rotatable bonds is 4. The maximum atomic E-state index is 11.1. The number of nitrogens with two attached hydrogens (primary N) is 1. The molecule has 1 heterocycles. The molecular formula is C15H16N2OS. The van der Waals surface area contributed by atoms with E-state index in [-0.39, 0.29) is 0 Å². The van der Waals surface area contributed by atoms with Crippen LogP contribution in [0.25, 0.3) is 11.1 Å². The first-order chi connectivity index (χ1) is 9.02. The molecule has 0 atom stereocenters. The number of carbonyl (C=O) groups excluding carboxylic acids is 1. The highest BCUT2D eigenvalue weighted by atomic mass is 32.2. The zero-order chi connectivity index (χ0) is 13.9. The minimum atomic E-state index is -0.454. The molecule has 0 saturated heterocycles. The average Bonchev–Trinajstić information content (AvgIpc) is 2.40. The Hall–Kier alpha value is -1.81. The number of hydrogen-bond donors (Lipinski definition) is 1. The zero-order valence-electron chi connectivity index (χ0n) is 11.0. The van der Waals surface area contributed by atoms with Crippen molar-refractivity contribution in [3.8, 4) is 11.1 Å². The maximum Gasteiger partial charge on any atom is 0.135 e. The van der Waals surface area contributed by atoms with Crippen molar-refractivity contribution in [2.45, 2.75) is 23.5 Å². The van der Waals surface area contributed by atoms with Gasteiger partial charge < -0.3 is 10.5 Å². The highest BCUT2D eigenvalue weighted by molar-refractivity contribution is 8.01. The van der Waals surface area contributed by atoms with Crippen LogP contribution in [0.2, 0.25) is 0 Å². The number of aldehydes is 1. The van der Waals surface area contributed by atoms with Gasteiger partial charge in [0.25, 0.3) is 0 Å². The number of carbonyl (C=O) groups is 1. The highest BCUT2D eigenvalue weighted by Crippen LogP contribution is 2.37. The Labute approximate surface area is 117 Å². The lowest BCUT2D eigenvalue weighted by Crippen LogP contribution is -2.15. The lowest BCUT2D eigenvalue weighted by molar-refractivity contribution is -0.109. The number of benzene rings is 1. The summed E-state index contributed by atoms with van der Waals surface area (Å²) in [5.41, 5.74) is 8.49. The number of anilines is 1. The van der Waals surface area contributed by atoms with Crippen LogP contribution in [0, 0.1) is 0 Å². The van der Waals surface area contributed by atoms with Crippen LogP contribution < -0.4 is 5.73 Å². The van der Waals surface area contributed by atoms with E-state index in [9.17, 15) is 4.79 Å². The Balaban J connectivity index is 2.41. The van der Waals surface area contributed by atoms with E-state index in [1.165, 1.54) is 11.8 Å². The zero-order valence-corrected chi connectivity index (χ0v) is 11.8. The third-order valence-corrected chi connectivity index (χ3v) is 3.86. The first-order valence-electron chi connectivity index (χ1n) is 5.97. The molecule has 0 saturated carbocycles. The first-order valence-corrected chi connectivity index (χ1v) is 6.79. The Morgan fingerprint density at radius 3 is 2.53 bits per heavy atom. The van der Waals surface area contributed by atoms with Crippen LogP contribution >= 0.6 is 11.8 Å². The number of hydrogen-bond acceptors (Lipinski definition) is 4. The molecule has 1 aromatic carbocycles. The van der Waals surface area contributed by atoms with Gasteiger partial charge in [0.05, 0.1) is 4.75 Å². The molecule has 0 amide bonds. The first kappa shape index (κ1) is 13.6.